The Balaban J connectivity index is 1.96. The lowest BCUT2D eigenvalue weighted by molar-refractivity contribution is 0.610. The number of hydrogen-bond acceptors (Lipinski definition) is 2. The third-order valence-corrected chi connectivity index (χ3v) is 2.92. The summed E-state index contributed by atoms with van der Waals surface area (Å²) < 4.78 is 13.4. The Kier molecular flexibility index (Phi) is 4.05. The summed E-state index contributed by atoms with van der Waals surface area (Å²) in [6.45, 7) is 0.603. The molecule has 2 rings (SSSR count). The summed E-state index contributed by atoms with van der Waals surface area (Å²) in [5, 5.41) is 3.78. The first-order chi connectivity index (χ1) is 8.66. The van der Waals surface area contributed by atoms with Crippen molar-refractivity contribution >= 4 is 23.0 Å². The highest BCUT2D eigenvalue weighted by Crippen LogP contribution is 2.22. The van der Waals surface area contributed by atoms with Crippen LogP contribution in [0.25, 0.3) is 0 Å². The summed E-state index contributed by atoms with van der Waals surface area (Å²) in [6, 6.07) is 12.0. The molecule has 0 saturated carbocycles. The molecule has 0 amide bonds. The number of anilines is 2. The number of benzene rings is 2. The minimum atomic E-state index is -0.182. The normalized spacial score (nSPS) is 10.3. The summed E-state index contributed by atoms with van der Waals surface area (Å²) in [5.74, 6) is -0.182. The molecule has 18 heavy (non-hydrogen) atoms. The van der Waals surface area contributed by atoms with Crippen molar-refractivity contribution in [2.24, 2.45) is 0 Å². The molecule has 3 N–H and O–H groups in total. The highest BCUT2D eigenvalue weighted by atomic mass is 35.5. The third-order valence-electron chi connectivity index (χ3n) is 2.68. The molecule has 4 heteroatoms. The number of rotatable bonds is 4. The first-order valence-electron chi connectivity index (χ1n) is 5.69. The van der Waals surface area contributed by atoms with Gasteiger partial charge in [0.05, 0.1) is 11.4 Å². The van der Waals surface area contributed by atoms with E-state index < -0.39 is 0 Å². The number of nitrogens with one attached hydrogen (secondary N) is 1. The largest absolute Gasteiger partial charge is 0.397 e. The minimum absolute atomic E-state index is 0.182. The Morgan fingerprint density at radius 2 is 1.94 bits per heavy atom. The van der Waals surface area contributed by atoms with E-state index in [-0.39, 0.29) is 5.82 Å². The van der Waals surface area contributed by atoms with Gasteiger partial charge in [0.15, 0.2) is 0 Å². The predicted octanol–water partition coefficient (Wildman–Crippen LogP) is 3.72. The Morgan fingerprint density at radius 3 is 2.72 bits per heavy atom. The summed E-state index contributed by atoms with van der Waals surface area (Å²) in [4.78, 5) is 0. The summed E-state index contributed by atoms with van der Waals surface area (Å²) >= 11 is 5.88. The van der Waals surface area contributed by atoms with Crippen LogP contribution >= 0.6 is 11.6 Å². The van der Waals surface area contributed by atoms with Gasteiger partial charge in [0.2, 0.25) is 0 Å². The molecular weight excluding hydrogens is 251 g/mol. The van der Waals surface area contributed by atoms with Crippen LogP contribution in [-0.2, 0) is 6.42 Å². The zero-order valence-electron chi connectivity index (χ0n) is 9.79. The van der Waals surface area contributed by atoms with Crippen LogP contribution in [0.15, 0.2) is 42.5 Å². The van der Waals surface area contributed by atoms with Crippen LogP contribution < -0.4 is 11.1 Å². The Morgan fingerprint density at radius 1 is 1.17 bits per heavy atom. The van der Waals surface area contributed by atoms with E-state index in [0.717, 1.165) is 5.69 Å². The molecule has 2 aromatic carbocycles. The molecular formula is C14H14ClFN2. The molecule has 0 unspecified atom stereocenters. The Hall–Kier alpha value is -1.74. The number of nitrogen functional groups attached to an aromatic ring is 1. The highest BCUT2D eigenvalue weighted by Gasteiger charge is 2.02. The molecule has 0 aliphatic rings. The van der Waals surface area contributed by atoms with Gasteiger partial charge in [0.25, 0.3) is 0 Å². The molecule has 0 aliphatic heterocycles. The smallest absolute Gasteiger partial charge is 0.126 e. The van der Waals surface area contributed by atoms with Gasteiger partial charge in [0, 0.05) is 11.6 Å². The maximum absolute atomic E-state index is 13.4. The van der Waals surface area contributed by atoms with Gasteiger partial charge in [-0.15, -0.1) is 0 Å². The SMILES string of the molecule is Nc1ccc(Cl)cc1NCCc1ccccc1F. The lowest BCUT2D eigenvalue weighted by Crippen LogP contribution is -2.07. The minimum Gasteiger partial charge on any atom is -0.397 e. The topological polar surface area (TPSA) is 38.0 Å². The summed E-state index contributed by atoms with van der Waals surface area (Å²) in [6.07, 6.45) is 0.596. The fraction of sp³-hybridized carbons (Fsp3) is 0.143. The van der Waals surface area contributed by atoms with Crippen molar-refractivity contribution in [3.05, 3.63) is 58.9 Å². The van der Waals surface area contributed by atoms with E-state index in [2.05, 4.69) is 5.32 Å². The highest BCUT2D eigenvalue weighted by molar-refractivity contribution is 6.31. The quantitative estimate of drug-likeness (QED) is 0.826. The van der Waals surface area contributed by atoms with Gasteiger partial charge in [-0.25, -0.2) is 4.39 Å². The predicted molar refractivity (Wildman–Crippen MR) is 74.5 cm³/mol. The zero-order valence-corrected chi connectivity index (χ0v) is 10.5. The molecule has 0 atom stereocenters. The van der Waals surface area contributed by atoms with Crippen molar-refractivity contribution in [1.82, 2.24) is 0 Å². The second-order valence-corrected chi connectivity index (χ2v) is 4.44. The van der Waals surface area contributed by atoms with Gasteiger partial charge in [-0.2, -0.15) is 0 Å². The van der Waals surface area contributed by atoms with Crippen molar-refractivity contribution in [3.8, 4) is 0 Å². The molecule has 94 valence electrons. The van der Waals surface area contributed by atoms with E-state index in [4.69, 9.17) is 17.3 Å². The fourth-order valence-corrected chi connectivity index (χ4v) is 1.89. The maximum atomic E-state index is 13.4. The van der Waals surface area contributed by atoms with Gasteiger partial charge in [0.1, 0.15) is 5.82 Å². The van der Waals surface area contributed by atoms with Crippen molar-refractivity contribution in [3.63, 3.8) is 0 Å². The van der Waals surface area contributed by atoms with Crippen LogP contribution in [0.4, 0.5) is 15.8 Å². The van der Waals surface area contributed by atoms with E-state index in [1.54, 1.807) is 30.3 Å². The Labute approximate surface area is 111 Å². The first-order valence-corrected chi connectivity index (χ1v) is 6.07. The molecule has 0 aliphatic carbocycles. The van der Waals surface area contributed by atoms with Crippen LogP contribution in [0, 0.1) is 5.82 Å². The van der Waals surface area contributed by atoms with Gasteiger partial charge in [-0.3, -0.25) is 0 Å². The summed E-state index contributed by atoms with van der Waals surface area (Å²) in [5.41, 5.74) is 7.90. The standard InChI is InChI=1S/C14H14ClFN2/c15-11-5-6-13(17)14(9-11)18-8-7-10-3-1-2-4-12(10)16/h1-6,9,18H,7-8,17H2. The van der Waals surface area contributed by atoms with Gasteiger partial charge < -0.3 is 11.1 Å². The van der Waals surface area contributed by atoms with Crippen LogP contribution in [-0.4, -0.2) is 6.54 Å². The molecule has 0 bridgehead atoms. The van der Waals surface area contributed by atoms with Gasteiger partial charge >= 0.3 is 0 Å². The number of nitrogens with two attached hydrogens (primary N) is 1. The van der Waals surface area contributed by atoms with Gasteiger partial charge in [-0.05, 0) is 36.2 Å². The van der Waals surface area contributed by atoms with Crippen molar-refractivity contribution in [2.75, 3.05) is 17.6 Å². The molecule has 0 spiro atoms. The lowest BCUT2D eigenvalue weighted by Gasteiger charge is -2.10. The third kappa shape index (κ3) is 3.14. The second-order valence-electron chi connectivity index (χ2n) is 4.00. The second kappa shape index (κ2) is 5.74. The lowest BCUT2D eigenvalue weighted by atomic mass is 10.1. The van der Waals surface area contributed by atoms with E-state index in [0.29, 0.717) is 29.2 Å². The average Bonchev–Trinajstić information content (AvgIpc) is 2.36. The van der Waals surface area contributed by atoms with E-state index in [1.165, 1.54) is 6.07 Å². The molecule has 0 radical (unpaired) electrons. The van der Waals surface area contributed by atoms with Crippen molar-refractivity contribution in [2.45, 2.75) is 6.42 Å². The first kappa shape index (κ1) is 12.7. The molecule has 0 saturated heterocycles. The van der Waals surface area contributed by atoms with E-state index in [9.17, 15) is 4.39 Å². The van der Waals surface area contributed by atoms with Gasteiger partial charge in [-0.1, -0.05) is 29.8 Å². The maximum Gasteiger partial charge on any atom is 0.126 e. The molecule has 0 aromatic heterocycles. The Bertz CT molecular complexity index is 543. The number of halogens is 2. The summed E-state index contributed by atoms with van der Waals surface area (Å²) in [7, 11) is 0. The molecule has 2 nitrogen and oxygen atoms in total. The number of hydrogen-bond donors (Lipinski definition) is 2. The average molecular weight is 265 g/mol. The van der Waals surface area contributed by atoms with Crippen LogP contribution in [0.2, 0.25) is 5.02 Å². The van der Waals surface area contributed by atoms with E-state index >= 15 is 0 Å². The monoisotopic (exact) mass is 264 g/mol. The van der Waals surface area contributed by atoms with Crippen LogP contribution in [0.3, 0.4) is 0 Å². The van der Waals surface area contributed by atoms with Crippen LogP contribution in [0.1, 0.15) is 5.56 Å². The van der Waals surface area contributed by atoms with E-state index in [1.807, 2.05) is 6.07 Å². The van der Waals surface area contributed by atoms with Crippen LogP contribution in [0.5, 0.6) is 0 Å². The van der Waals surface area contributed by atoms with Crippen molar-refractivity contribution < 1.29 is 4.39 Å². The molecule has 0 heterocycles. The zero-order chi connectivity index (χ0) is 13.0. The fourth-order valence-electron chi connectivity index (χ4n) is 1.71. The molecule has 0 fully saturated rings. The van der Waals surface area contributed by atoms with Crippen molar-refractivity contribution in [1.29, 1.82) is 0 Å². The molecule has 2 aromatic rings.